The Kier molecular flexibility index (Phi) is 3.48. The first kappa shape index (κ1) is 12.2. The molecule has 0 N–H and O–H groups in total. The average molecular weight is 272 g/mol. The molecule has 0 radical (unpaired) electrons. The van der Waals surface area contributed by atoms with Gasteiger partial charge in [-0.3, -0.25) is 4.79 Å². The largest absolute Gasteiger partial charge is 0.373 e. The summed E-state index contributed by atoms with van der Waals surface area (Å²) in [4.78, 5) is 20.7. The minimum absolute atomic E-state index is 0.0199. The normalized spacial score (nSPS) is 14.4. The monoisotopic (exact) mass is 272 g/mol. The molecule has 0 bridgehead atoms. The van der Waals surface area contributed by atoms with Gasteiger partial charge in [-0.2, -0.15) is 0 Å². The lowest BCUT2D eigenvalue weighted by molar-refractivity contribution is 0.104. The predicted molar refractivity (Wildman–Crippen MR) is 72.4 cm³/mol. The summed E-state index contributed by atoms with van der Waals surface area (Å²) in [5.74, 6) is -0.0199. The van der Waals surface area contributed by atoms with Gasteiger partial charge in [-0.1, -0.05) is 6.08 Å². The fraction of sp³-hybridized carbons (Fsp3) is 0.214. The number of ether oxygens (including phenoxy) is 1. The second-order valence-electron chi connectivity index (χ2n) is 4.33. The summed E-state index contributed by atoms with van der Waals surface area (Å²) < 4.78 is 5.28. The quantitative estimate of drug-likeness (QED) is 0.633. The highest BCUT2D eigenvalue weighted by atomic mass is 32.1. The molecule has 0 spiro atoms. The number of carbonyl (C=O) groups excluding carboxylic acids is 1. The number of nitrogens with zero attached hydrogens (tertiary/aromatic N) is 2. The van der Waals surface area contributed by atoms with Crippen molar-refractivity contribution < 1.29 is 9.53 Å². The summed E-state index contributed by atoms with van der Waals surface area (Å²) in [6.07, 6.45) is 7.46. The van der Waals surface area contributed by atoms with E-state index < -0.39 is 0 Å². The van der Waals surface area contributed by atoms with Crippen LogP contribution < -0.4 is 0 Å². The van der Waals surface area contributed by atoms with Gasteiger partial charge in [0.05, 0.1) is 23.7 Å². The van der Waals surface area contributed by atoms with Crippen molar-refractivity contribution in [3.05, 3.63) is 57.8 Å². The molecule has 1 aliphatic rings. The third kappa shape index (κ3) is 2.77. The smallest absolute Gasteiger partial charge is 0.206 e. The molecule has 2 aromatic heterocycles. The summed E-state index contributed by atoms with van der Waals surface area (Å²) in [7, 11) is 0. The van der Waals surface area contributed by atoms with E-state index >= 15 is 0 Å². The number of ketones is 1. The van der Waals surface area contributed by atoms with Crippen molar-refractivity contribution in [1.29, 1.82) is 0 Å². The Labute approximate surface area is 114 Å². The van der Waals surface area contributed by atoms with Gasteiger partial charge >= 0.3 is 0 Å². The number of hydrogen-bond acceptors (Lipinski definition) is 5. The molecule has 0 saturated carbocycles. The number of thiophene rings is 1. The molecule has 0 atom stereocenters. The van der Waals surface area contributed by atoms with Gasteiger partial charge in [0.2, 0.25) is 5.78 Å². The van der Waals surface area contributed by atoms with E-state index in [9.17, 15) is 4.79 Å². The standard InChI is InChI=1S/C14H12N2O2S/c17-14(12-5-15-9-16-6-12)13-4-11(8-19-13)3-10-1-2-18-7-10/h1,4-6,8-9H,2-3,7H2. The van der Waals surface area contributed by atoms with Crippen molar-refractivity contribution in [3.8, 4) is 0 Å². The lowest BCUT2D eigenvalue weighted by Crippen LogP contribution is -2.00. The third-order valence-corrected chi connectivity index (χ3v) is 3.89. The molecule has 0 saturated heterocycles. The van der Waals surface area contributed by atoms with E-state index in [1.54, 1.807) is 12.4 Å². The minimum Gasteiger partial charge on any atom is -0.373 e. The highest BCUT2D eigenvalue weighted by Gasteiger charge is 2.13. The maximum atomic E-state index is 12.2. The molecule has 96 valence electrons. The fourth-order valence-corrected chi connectivity index (χ4v) is 2.83. The van der Waals surface area contributed by atoms with E-state index in [2.05, 4.69) is 16.0 Å². The molecule has 19 heavy (non-hydrogen) atoms. The summed E-state index contributed by atoms with van der Waals surface area (Å²) >= 11 is 1.46. The van der Waals surface area contributed by atoms with E-state index in [0.29, 0.717) is 18.8 Å². The first-order chi connectivity index (χ1) is 9.33. The molecule has 0 amide bonds. The van der Waals surface area contributed by atoms with Crippen molar-refractivity contribution in [2.24, 2.45) is 0 Å². The highest BCUT2D eigenvalue weighted by molar-refractivity contribution is 7.12. The Morgan fingerprint density at radius 1 is 1.37 bits per heavy atom. The summed E-state index contributed by atoms with van der Waals surface area (Å²) in [5, 5.41) is 2.02. The van der Waals surface area contributed by atoms with Gasteiger partial charge in [-0.15, -0.1) is 11.3 Å². The van der Waals surface area contributed by atoms with E-state index in [1.807, 2.05) is 11.4 Å². The first-order valence-corrected chi connectivity index (χ1v) is 6.83. The number of aromatic nitrogens is 2. The lowest BCUT2D eigenvalue weighted by Gasteiger charge is -1.97. The van der Waals surface area contributed by atoms with Crippen LogP contribution in [0.2, 0.25) is 0 Å². The van der Waals surface area contributed by atoms with Crippen LogP contribution in [0.25, 0.3) is 0 Å². The molecular formula is C14H12N2O2S. The zero-order chi connectivity index (χ0) is 13.1. The van der Waals surface area contributed by atoms with E-state index in [-0.39, 0.29) is 5.78 Å². The highest BCUT2D eigenvalue weighted by Crippen LogP contribution is 2.21. The topological polar surface area (TPSA) is 52.1 Å². The van der Waals surface area contributed by atoms with Crippen LogP contribution in [0.1, 0.15) is 20.8 Å². The third-order valence-electron chi connectivity index (χ3n) is 2.91. The molecule has 0 unspecified atom stereocenters. The van der Waals surface area contributed by atoms with Crippen molar-refractivity contribution >= 4 is 17.1 Å². The first-order valence-electron chi connectivity index (χ1n) is 5.96. The molecule has 0 fully saturated rings. The lowest BCUT2D eigenvalue weighted by atomic mass is 10.1. The minimum atomic E-state index is -0.0199. The van der Waals surface area contributed by atoms with Gasteiger partial charge in [0.15, 0.2) is 0 Å². The van der Waals surface area contributed by atoms with Crippen LogP contribution >= 0.6 is 11.3 Å². The summed E-state index contributed by atoms with van der Waals surface area (Å²) in [6, 6.07) is 1.94. The van der Waals surface area contributed by atoms with E-state index in [0.717, 1.165) is 16.9 Å². The number of carbonyl (C=O) groups is 1. The molecule has 1 aliphatic heterocycles. The zero-order valence-electron chi connectivity index (χ0n) is 10.2. The van der Waals surface area contributed by atoms with Gasteiger partial charge < -0.3 is 4.74 Å². The van der Waals surface area contributed by atoms with Crippen molar-refractivity contribution in [2.75, 3.05) is 13.2 Å². The number of rotatable bonds is 4. The second kappa shape index (κ2) is 5.42. The Bertz CT molecular complexity index is 619. The van der Waals surface area contributed by atoms with Crippen LogP contribution in [-0.2, 0) is 11.2 Å². The Morgan fingerprint density at radius 2 is 2.21 bits per heavy atom. The van der Waals surface area contributed by atoms with Crippen LogP contribution in [0.3, 0.4) is 0 Å². The number of hydrogen-bond donors (Lipinski definition) is 0. The SMILES string of the molecule is O=C(c1cncnc1)c1cc(CC2=CCOC2)cs1. The van der Waals surface area contributed by atoms with Gasteiger partial charge in [-0.25, -0.2) is 9.97 Å². The summed E-state index contributed by atoms with van der Waals surface area (Å²) in [5.41, 5.74) is 2.96. The molecular weight excluding hydrogens is 260 g/mol. The van der Waals surface area contributed by atoms with E-state index in [1.165, 1.54) is 23.2 Å². The van der Waals surface area contributed by atoms with E-state index in [4.69, 9.17) is 4.74 Å². The molecule has 2 aromatic rings. The van der Waals surface area contributed by atoms with Gasteiger partial charge in [0.25, 0.3) is 0 Å². The summed E-state index contributed by atoms with van der Waals surface area (Å²) in [6.45, 7) is 1.40. The van der Waals surface area contributed by atoms with Gasteiger partial charge in [0.1, 0.15) is 6.33 Å². The maximum Gasteiger partial charge on any atom is 0.206 e. The van der Waals surface area contributed by atoms with Crippen LogP contribution in [0.5, 0.6) is 0 Å². The van der Waals surface area contributed by atoms with Gasteiger partial charge in [-0.05, 0) is 29.0 Å². The zero-order valence-corrected chi connectivity index (χ0v) is 11.0. The Morgan fingerprint density at radius 3 is 2.95 bits per heavy atom. The van der Waals surface area contributed by atoms with Gasteiger partial charge in [0, 0.05) is 12.4 Å². The average Bonchev–Trinajstić information content (AvgIpc) is 3.11. The van der Waals surface area contributed by atoms with Crippen LogP contribution in [0.4, 0.5) is 0 Å². The fourth-order valence-electron chi connectivity index (χ4n) is 1.96. The van der Waals surface area contributed by atoms with Crippen LogP contribution in [0, 0.1) is 0 Å². The molecule has 3 heterocycles. The maximum absolute atomic E-state index is 12.2. The molecule has 4 nitrogen and oxygen atoms in total. The van der Waals surface area contributed by atoms with Crippen LogP contribution in [-0.4, -0.2) is 29.0 Å². The Hall–Kier alpha value is -1.85. The van der Waals surface area contributed by atoms with Crippen LogP contribution in [0.15, 0.2) is 41.8 Å². The second-order valence-corrected chi connectivity index (χ2v) is 5.24. The molecule has 0 aromatic carbocycles. The molecule has 3 rings (SSSR count). The Balaban J connectivity index is 1.76. The molecule has 5 heteroatoms. The molecule has 0 aliphatic carbocycles. The predicted octanol–water partition coefficient (Wildman–Crippen LogP) is 2.27. The van der Waals surface area contributed by atoms with Crippen molar-refractivity contribution in [1.82, 2.24) is 9.97 Å². The van der Waals surface area contributed by atoms with Crippen molar-refractivity contribution in [3.63, 3.8) is 0 Å². The van der Waals surface area contributed by atoms with Crippen molar-refractivity contribution in [2.45, 2.75) is 6.42 Å².